The molecule has 1 aliphatic carbocycles. The number of thioether (sulfide) groups is 1. The molecule has 1 saturated heterocycles. The average molecular weight is 516 g/mol. The molecule has 0 radical (unpaired) electrons. The quantitative estimate of drug-likeness (QED) is 0.346. The van der Waals surface area contributed by atoms with Crippen LogP contribution >= 0.6 is 35.0 Å². The van der Waals surface area contributed by atoms with Crippen molar-refractivity contribution in [1.82, 2.24) is 0 Å². The maximum atomic E-state index is 13.4. The highest BCUT2D eigenvalue weighted by molar-refractivity contribution is 8.03. The Balaban J connectivity index is 1.27. The number of allylic oxidation sites excluding steroid dienone is 1. The summed E-state index contributed by atoms with van der Waals surface area (Å²) in [4.78, 5) is 40.2. The SMILES string of the molecule is CC1C(=O)N(c2ccc(OCC(=O)c3cccc(Cl)c3Cl)cc2)C(=O)C1C1CC=CSC2C[C@@H]21. The van der Waals surface area contributed by atoms with E-state index in [1.54, 1.807) is 42.5 Å². The van der Waals surface area contributed by atoms with Crippen LogP contribution in [0.4, 0.5) is 5.69 Å². The summed E-state index contributed by atoms with van der Waals surface area (Å²) >= 11 is 13.9. The molecule has 2 heterocycles. The maximum Gasteiger partial charge on any atom is 0.237 e. The minimum atomic E-state index is -0.341. The molecule has 34 heavy (non-hydrogen) atoms. The number of carbonyl (C=O) groups excluding carboxylic acids is 3. The van der Waals surface area contributed by atoms with Crippen molar-refractivity contribution in [1.29, 1.82) is 0 Å². The predicted molar refractivity (Wildman–Crippen MR) is 135 cm³/mol. The van der Waals surface area contributed by atoms with Crippen LogP contribution in [0.3, 0.4) is 0 Å². The van der Waals surface area contributed by atoms with Crippen molar-refractivity contribution in [2.24, 2.45) is 23.7 Å². The normalized spacial score (nSPS) is 28.0. The van der Waals surface area contributed by atoms with Crippen molar-refractivity contribution in [2.75, 3.05) is 11.5 Å². The Labute approximate surface area is 212 Å². The van der Waals surface area contributed by atoms with E-state index in [0.717, 1.165) is 12.8 Å². The van der Waals surface area contributed by atoms with Crippen molar-refractivity contribution in [3.63, 3.8) is 0 Å². The number of ether oxygens (including phenoxy) is 1. The number of rotatable bonds is 6. The van der Waals surface area contributed by atoms with Gasteiger partial charge in [0.05, 0.1) is 21.7 Å². The minimum Gasteiger partial charge on any atom is -0.485 e. The van der Waals surface area contributed by atoms with E-state index in [1.165, 1.54) is 4.90 Å². The Morgan fingerprint density at radius 3 is 2.62 bits per heavy atom. The molecular formula is C26H23Cl2NO4S. The van der Waals surface area contributed by atoms with Gasteiger partial charge >= 0.3 is 0 Å². The number of anilines is 1. The largest absolute Gasteiger partial charge is 0.485 e. The Morgan fingerprint density at radius 1 is 1.09 bits per heavy atom. The van der Waals surface area contributed by atoms with E-state index in [9.17, 15) is 14.4 Å². The maximum absolute atomic E-state index is 13.4. The molecule has 0 N–H and O–H groups in total. The monoisotopic (exact) mass is 515 g/mol. The average Bonchev–Trinajstić information content (AvgIpc) is 3.58. The first-order valence-electron chi connectivity index (χ1n) is 11.2. The van der Waals surface area contributed by atoms with Crippen LogP contribution in [0.1, 0.15) is 30.1 Å². The van der Waals surface area contributed by atoms with E-state index in [4.69, 9.17) is 27.9 Å². The zero-order valence-corrected chi connectivity index (χ0v) is 20.8. The van der Waals surface area contributed by atoms with Crippen LogP contribution < -0.4 is 9.64 Å². The Bertz CT molecular complexity index is 1180. The lowest BCUT2D eigenvalue weighted by Crippen LogP contribution is -2.32. The van der Waals surface area contributed by atoms with Gasteiger partial charge in [0.15, 0.2) is 6.61 Å². The van der Waals surface area contributed by atoms with Crippen LogP contribution in [0.5, 0.6) is 5.75 Å². The second-order valence-electron chi connectivity index (χ2n) is 8.98. The van der Waals surface area contributed by atoms with Crippen LogP contribution in [0.2, 0.25) is 10.0 Å². The summed E-state index contributed by atoms with van der Waals surface area (Å²) < 4.78 is 5.61. The highest BCUT2D eigenvalue weighted by atomic mass is 35.5. The summed E-state index contributed by atoms with van der Waals surface area (Å²) in [6, 6.07) is 11.5. The van der Waals surface area contributed by atoms with Crippen molar-refractivity contribution in [3.8, 4) is 5.75 Å². The first kappa shape index (κ1) is 23.5. The fraction of sp³-hybridized carbons (Fsp3) is 0.346. The number of ketones is 1. The predicted octanol–water partition coefficient (Wildman–Crippen LogP) is 6.04. The van der Waals surface area contributed by atoms with Gasteiger partial charge in [0, 0.05) is 16.7 Å². The van der Waals surface area contributed by atoms with E-state index < -0.39 is 0 Å². The van der Waals surface area contributed by atoms with Crippen LogP contribution in [-0.4, -0.2) is 29.5 Å². The molecular weight excluding hydrogens is 493 g/mol. The Kier molecular flexibility index (Phi) is 6.49. The summed E-state index contributed by atoms with van der Waals surface area (Å²) in [5.41, 5.74) is 0.815. The van der Waals surface area contributed by atoms with E-state index in [1.807, 2.05) is 18.7 Å². The van der Waals surface area contributed by atoms with Gasteiger partial charge in [0.1, 0.15) is 5.75 Å². The van der Waals surface area contributed by atoms with Crippen LogP contribution in [0.25, 0.3) is 0 Å². The van der Waals surface area contributed by atoms with Crippen LogP contribution in [0, 0.1) is 23.7 Å². The molecule has 2 aliphatic heterocycles. The molecule has 0 spiro atoms. The smallest absolute Gasteiger partial charge is 0.237 e. The number of carbonyl (C=O) groups is 3. The second-order valence-corrected chi connectivity index (χ2v) is 10.9. The first-order valence-corrected chi connectivity index (χ1v) is 12.9. The third-order valence-electron chi connectivity index (χ3n) is 6.92. The van der Waals surface area contributed by atoms with Gasteiger partial charge in [0.25, 0.3) is 0 Å². The summed E-state index contributed by atoms with van der Waals surface area (Å²) in [5.74, 6) is -0.0450. The number of hydrogen-bond donors (Lipinski definition) is 0. The lowest BCUT2D eigenvalue weighted by atomic mass is 9.79. The molecule has 2 aromatic rings. The van der Waals surface area contributed by atoms with E-state index >= 15 is 0 Å². The molecule has 2 amide bonds. The van der Waals surface area contributed by atoms with Crippen molar-refractivity contribution >= 4 is 58.2 Å². The second kappa shape index (κ2) is 9.40. The topological polar surface area (TPSA) is 63.7 Å². The van der Waals surface area contributed by atoms with Gasteiger partial charge in [-0.3, -0.25) is 19.3 Å². The number of fused-ring (bicyclic) bond motifs is 1. The number of halogens is 2. The Hall–Kier alpha value is -2.28. The number of amides is 2. The molecule has 3 aliphatic rings. The van der Waals surface area contributed by atoms with Crippen molar-refractivity contribution in [3.05, 3.63) is 69.6 Å². The zero-order chi connectivity index (χ0) is 24.0. The lowest BCUT2D eigenvalue weighted by molar-refractivity contribution is -0.123. The Morgan fingerprint density at radius 2 is 1.85 bits per heavy atom. The molecule has 8 heteroatoms. The first-order chi connectivity index (χ1) is 16.4. The summed E-state index contributed by atoms with van der Waals surface area (Å²) in [5, 5.41) is 3.22. The van der Waals surface area contributed by atoms with Gasteiger partial charge in [-0.1, -0.05) is 42.3 Å². The molecule has 0 aromatic heterocycles. The highest BCUT2D eigenvalue weighted by Gasteiger charge is 2.55. The summed E-state index contributed by atoms with van der Waals surface area (Å²) in [6.45, 7) is 1.66. The molecule has 4 unspecified atom stereocenters. The van der Waals surface area contributed by atoms with Gasteiger partial charge in [-0.15, -0.1) is 11.8 Å². The van der Waals surface area contributed by atoms with Crippen molar-refractivity contribution in [2.45, 2.75) is 25.0 Å². The number of nitrogens with zero attached hydrogens (tertiary/aromatic N) is 1. The van der Waals surface area contributed by atoms with Crippen molar-refractivity contribution < 1.29 is 19.1 Å². The van der Waals surface area contributed by atoms with Gasteiger partial charge in [-0.05, 0) is 66.5 Å². The van der Waals surface area contributed by atoms with Crippen LogP contribution in [-0.2, 0) is 9.59 Å². The number of benzene rings is 2. The molecule has 0 bridgehead atoms. The van der Waals surface area contributed by atoms with E-state index in [-0.39, 0.29) is 47.0 Å². The number of hydrogen-bond acceptors (Lipinski definition) is 5. The number of imide groups is 1. The zero-order valence-electron chi connectivity index (χ0n) is 18.4. The van der Waals surface area contributed by atoms with E-state index in [2.05, 4.69) is 11.5 Å². The van der Waals surface area contributed by atoms with Gasteiger partial charge in [-0.2, -0.15) is 0 Å². The fourth-order valence-electron chi connectivity index (χ4n) is 5.03. The molecule has 176 valence electrons. The standard InChI is InChI=1S/C26H23Cl2NO4S/c1-14-23(17-5-3-11-34-22-12-19(17)22)26(32)29(25(14)31)15-7-9-16(10-8-15)33-13-21(30)18-4-2-6-20(27)24(18)28/h2-4,6-11,14,17,19,22-23H,5,12-13H2,1H3/t14?,17?,19-,22?,23?/m1/s1. The third-order valence-corrected chi connectivity index (χ3v) is 8.98. The third kappa shape index (κ3) is 4.28. The molecule has 2 aromatic carbocycles. The summed E-state index contributed by atoms with van der Waals surface area (Å²) in [6.07, 6.45) is 4.10. The number of Topliss-reactive ketones (excluding diaryl/α,β-unsaturated/α-hetero) is 1. The minimum absolute atomic E-state index is 0.118. The molecule has 5 rings (SSSR count). The molecule has 2 fully saturated rings. The van der Waals surface area contributed by atoms with Gasteiger partial charge in [0.2, 0.25) is 17.6 Å². The van der Waals surface area contributed by atoms with E-state index in [0.29, 0.717) is 33.2 Å². The highest BCUT2D eigenvalue weighted by Crippen LogP contribution is 2.54. The molecule has 1 saturated carbocycles. The molecule has 5 nitrogen and oxygen atoms in total. The van der Waals surface area contributed by atoms with Gasteiger partial charge in [-0.25, -0.2) is 0 Å². The molecule has 5 atom stereocenters. The lowest BCUT2D eigenvalue weighted by Gasteiger charge is -2.23. The summed E-state index contributed by atoms with van der Waals surface area (Å²) in [7, 11) is 0. The van der Waals surface area contributed by atoms with Gasteiger partial charge < -0.3 is 4.74 Å². The fourth-order valence-corrected chi connectivity index (χ4v) is 6.59. The van der Waals surface area contributed by atoms with Crippen LogP contribution in [0.15, 0.2) is 53.9 Å².